The molecule has 1 fully saturated rings. The van der Waals surface area contributed by atoms with Gasteiger partial charge in [0.05, 0.1) is 10.0 Å². The van der Waals surface area contributed by atoms with Crippen LogP contribution in [0, 0.1) is 6.92 Å². The van der Waals surface area contributed by atoms with Crippen molar-refractivity contribution >= 4 is 40.5 Å². The second-order valence-corrected chi connectivity index (χ2v) is 7.32. The second kappa shape index (κ2) is 8.30. The molecule has 26 heavy (non-hydrogen) atoms. The monoisotopic (exact) mass is 391 g/mol. The summed E-state index contributed by atoms with van der Waals surface area (Å²) in [4.78, 5) is 17.3. The number of hydrogen-bond acceptors (Lipinski definition) is 3. The number of carbonyl (C=O) groups is 1. The van der Waals surface area contributed by atoms with E-state index in [1.165, 1.54) is 5.69 Å². The first kappa shape index (κ1) is 19.0. The summed E-state index contributed by atoms with van der Waals surface area (Å²) in [6, 6.07) is 10.9. The van der Waals surface area contributed by atoms with E-state index >= 15 is 0 Å². The third-order valence-electron chi connectivity index (χ3n) is 4.80. The van der Waals surface area contributed by atoms with Crippen molar-refractivity contribution in [3.05, 3.63) is 57.6 Å². The minimum Gasteiger partial charge on any atom is -0.369 e. The fourth-order valence-electron chi connectivity index (χ4n) is 3.23. The highest BCUT2D eigenvalue weighted by atomic mass is 35.5. The normalized spacial score (nSPS) is 15.2. The van der Waals surface area contributed by atoms with E-state index in [1.54, 1.807) is 18.2 Å². The van der Waals surface area contributed by atoms with Crippen molar-refractivity contribution in [2.24, 2.45) is 0 Å². The summed E-state index contributed by atoms with van der Waals surface area (Å²) >= 11 is 11.9. The van der Waals surface area contributed by atoms with E-state index in [0.717, 1.165) is 44.0 Å². The third-order valence-corrected chi connectivity index (χ3v) is 5.54. The van der Waals surface area contributed by atoms with Gasteiger partial charge in [-0.3, -0.25) is 4.79 Å². The highest BCUT2D eigenvalue weighted by molar-refractivity contribution is 6.42. The summed E-state index contributed by atoms with van der Waals surface area (Å²) in [6.45, 7) is 9.62. The molecule has 0 unspecified atom stereocenters. The van der Waals surface area contributed by atoms with Crippen LogP contribution in [0.25, 0.3) is 0 Å². The molecule has 2 aromatic carbocycles. The fourth-order valence-corrected chi connectivity index (χ4v) is 3.53. The average Bonchev–Trinajstić information content (AvgIpc) is 2.64. The van der Waals surface area contributed by atoms with Crippen molar-refractivity contribution in [2.75, 3.05) is 42.9 Å². The lowest BCUT2D eigenvalue weighted by atomic mass is 10.1. The van der Waals surface area contributed by atoms with Gasteiger partial charge in [0.15, 0.2) is 0 Å². The number of nitrogens with one attached hydrogen (secondary N) is 1. The standard InChI is InChI=1S/C20H23Cl2N3O/c1-3-24-8-10-25(11-9-24)19-7-5-16(12-14(19)2)23-20(26)15-4-6-17(21)18(22)13-15/h4-7,12-13H,3,8-11H2,1-2H3,(H,23,26). The van der Waals surface area contributed by atoms with Gasteiger partial charge in [0.2, 0.25) is 0 Å². The number of aryl methyl sites for hydroxylation is 1. The molecule has 1 saturated heterocycles. The minimum atomic E-state index is -0.202. The number of halogens is 2. The van der Waals surface area contributed by atoms with Crippen LogP contribution in [0.2, 0.25) is 10.0 Å². The van der Waals surface area contributed by atoms with E-state index in [0.29, 0.717) is 15.6 Å². The molecule has 0 aliphatic carbocycles. The Morgan fingerprint density at radius 1 is 1.04 bits per heavy atom. The Labute approximate surface area is 164 Å². The molecule has 3 rings (SSSR count). The number of likely N-dealkylation sites (N-methyl/N-ethyl adjacent to an activating group) is 1. The maximum atomic E-state index is 12.4. The van der Waals surface area contributed by atoms with Crippen LogP contribution in [0.3, 0.4) is 0 Å². The molecule has 1 aliphatic rings. The summed E-state index contributed by atoms with van der Waals surface area (Å²) in [5, 5.41) is 3.73. The third kappa shape index (κ3) is 4.32. The summed E-state index contributed by atoms with van der Waals surface area (Å²) in [5.41, 5.74) is 3.64. The minimum absolute atomic E-state index is 0.202. The van der Waals surface area contributed by atoms with Crippen molar-refractivity contribution < 1.29 is 4.79 Å². The van der Waals surface area contributed by atoms with Gasteiger partial charge in [0.25, 0.3) is 5.91 Å². The second-order valence-electron chi connectivity index (χ2n) is 6.51. The van der Waals surface area contributed by atoms with Gasteiger partial charge in [0, 0.05) is 43.1 Å². The van der Waals surface area contributed by atoms with Crippen LogP contribution in [0.1, 0.15) is 22.8 Å². The Morgan fingerprint density at radius 3 is 2.38 bits per heavy atom. The quantitative estimate of drug-likeness (QED) is 0.820. The zero-order valence-electron chi connectivity index (χ0n) is 15.1. The fraction of sp³-hybridized carbons (Fsp3) is 0.350. The van der Waals surface area contributed by atoms with E-state index < -0.39 is 0 Å². The van der Waals surface area contributed by atoms with E-state index in [9.17, 15) is 4.79 Å². The van der Waals surface area contributed by atoms with Crippen molar-refractivity contribution in [2.45, 2.75) is 13.8 Å². The first-order chi connectivity index (χ1) is 12.5. The Hall–Kier alpha value is -1.75. The zero-order valence-corrected chi connectivity index (χ0v) is 16.6. The van der Waals surface area contributed by atoms with E-state index in [2.05, 4.69) is 35.0 Å². The van der Waals surface area contributed by atoms with Gasteiger partial charge in [-0.25, -0.2) is 0 Å². The summed E-state index contributed by atoms with van der Waals surface area (Å²) < 4.78 is 0. The van der Waals surface area contributed by atoms with Crippen molar-refractivity contribution in [1.82, 2.24) is 4.90 Å². The molecule has 0 bridgehead atoms. The molecular formula is C20H23Cl2N3O. The lowest BCUT2D eigenvalue weighted by molar-refractivity contribution is 0.102. The molecule has 1 amide bonds. The average molecular weight is 392 g/mol. The molecule has 6 heteroatoms. The van der Waals surface area contributed by atoms with Gasteiger partial charge in [-0.05, 0) is 55.4 Å². The van der Waals surface area contributed by atoms with Crippen LogP contribution in [0.4, 0.5) is 11.4 Å². The lowest BCUT2D eigenvalue weighted by Gasteiger charge is -2.36. The molecular weight excluding hydrogens is 369 g/mol. The van der Waals surface area contributed by atoms with Crippen LogP contribution in [-0.2, 0) is 0 Å². The van der Waals surface area contributed by atoms with Crippen LogP contribution in [0.5, 0.6) is 0 Å². The van der Waals surface area contributed by atoms with Gasteiger partial charge in [0.1, 0.15) is 0 Å². The number of amides is 1. The molecule has 0 aromatic heterocycles. The maximum Gasteiger partial charge on any atom is 0.255 e. The Kier molecular flexibility index (Phi) is 6.07. The molecule has 0 spiro atoms. The number of nitrogens with zero attached hydrogens (tertiary/aromatic N) is 2. The molecule has 0 radical (unpaired) electrons. The molecule has 1 heterocycles. The number of piperazine rings is 1. The summed E-state index contributed by atoms with van der Waals surface area (Å²) in [7, 11) is 0. The first-order valence-corrected chi connectivity index (χ1v) is 9.58. The Bertz CT molecular complexity index is 802. The van der Waals surface area contributed by atoms with Gasteiger partial charge in [-0.15, -0.1) is 0 Å². The highest BCUT2D eigenvalue weighted by Crippen LogP contribution is 2.26. The van der Waals surface area contributed by atoms with Gasteiger partial charge in [-0.2, -0.15) is 0 Å². The predicted molar refractivity (Wildman–Crippen MR) is 110 cm³/mol. The topological polar surface area (TPSA) is 35.6 Å². The van der Waals surface area contributed by atoms with E-state index in [4.69, 9.17) is 23.2 Å². The molecule has 4 nitrogen and oxygen atoms in total. The van der Waals surface area contributed by atoms with Gasteiger partial charge < -0.3 is 15.1 Å². The molecule has 0 saturated carbocycles. The summed E-state index contributed by atoms with van der Waals surface area (Å²) in [5.74, 6) is -0.202. The maximum absolute atomic E-state index is 12.4. The molecule has 2 aromatic rings. The number of benzene rings is 2. The van der Waals surface area contributed by atoms with Crippen molar-refractivity contribution in [3.63, 3.8) is 0 Å². The number of anilines is 2. The first-order valence-electron chi connectivity index (χ1n) is 8.82. The van der Waals surface area contributed by atoms with Crippen molar-refractivity contribution in [1.29, 1.82) is 0 Å². The molecule has 0 atom stereocenters. The molecule has 1 aliphatic heterocycles. The van der Waals surface area contributed by atoms with Crippen LogP contribution in [-0.4, -0.2) is 43.5 Å². The number of rotatable bonds is 4. The highest BCUT2D eigenvalue weighted by Gasteiger charge is 2.17. The van der Waals surface area contributed by atoms with Gasteiger partial charge in [-0.1, -0.05) is 30.1 Å². The SMILES string of the molecule is CCN1CCN(c2ccc(NC(=O)c3ccc(Cl)c(Cl)c3)cc2C)CC1. The van der Waals surface area contributed by atoms with Crippen molar-refractivity contribution in [3.8, 4) is 0 Å². The largest absolute Gasteiger partial charge is 0.369 e. The Balaban J connectivity index is 1.69. The predicted octanol–water partition coefficient (Wildman–Crippen LogP) is 4.70. The Morgan fingerprint density at radius 2 is 1.77 bits per heavy atom. The summed E-state index contributed by atoms with van der Waals surface area (Å²) in [6.07, 6.45) is 0. The van der Waals surface area contributed by atoms with Crippen LogP contribution < -0.4 is 10.2 Å². The smallest absolute Gasteiger partial charge is 0.255 e. The zero-order chi connectivity index (χ0) is 18.7. The number of hydrogen-bond donors (Lipinski definition) is 1. The lowest BCUT2D eigenvalue weighted by Crippen LogP contribution is -2.46. The van der Waals surface area contributed by atoms with E-state index in [1.807, 2.05) is 12.1 Å². The van der Waals surface area contributed by atoms with Gasteiger partial charge >= 0.3 is 0 Å². The molecule has 138 valence electrons. The van der Waals surface area contributed by atoms with Crippen LogP contribution >= 0.6 is 23.2 Å². The van der Waals surface area contributed by atoms with Crippen LogP contribution in [0.15, 0.2) is 36.4 Å². The molecule has 1 N–H and O–H groups in total. The van der Waals surface area contributed by atoms with E-state index in [-0.39, 0.29) is 5.91 Å². The number of carbonyl (C=O) groups excluding carboxylic acids is 1.